The first-order chi connectivity index (χ1) is 15.4. The van der Waals surface area contributed by atoms with Gasteiger partial charge in [0.25, 0.3) is 0 Å². The van der Waals surface area contributed by atoms with E-state index in [-0.39, 0.29) is 37.4 Å². The monoisotopic (exact) mass is 432 g/mol. The predicted octanol–water partition coefficient (Wildman–Crippen LogP) is 4.81. The van der Waals surface area contributed by atoms with Crippen LogP contribution in [0.15, 0.2) is 72.8 Å². The van der Waals surface area contributed by atoms with Gasteiger partial charge < -0.3 is 10.0 Å². The summed E-state index contributed by atoms with van der Waals surface area (Å²) in [5.41, 5.74) is 3.98. The molecule has 0 spiro atoms. The molecule has 1 amide bonds. The average Bonchev–Trinajstić information content (AvgIpc) is 2.81. The molecule has 0 aromatic heterocycles. The van der Waals surface area contributed by atoms with E-state index in [1.807, 2.05) is 54.6 Å². The molecule has 3 aromatic rings. The van der Waals surface area contributed by atoms with E-state index in [9.17, 15) is 24.8 Å². The topological polar surface area (TPSA) is 101 Å². The Kier molecular flexibility index (Phi) is 7.33. The Labute approximate surface area is 186 Å². The number of rotatable bonds is 9. The number of nitro groups is 1. The molecule has 0 unspecified atom stereocenters. The van der Waals surface area contributed by atoms with Crippen molar-refractivity contribution in [1.29, 1.82) is 0 Å². The molecular formula is C25H24N2O5. The van der Waals surface area contributed by atoms with Crippen LogP contribution in [0, 0.1) is 10.1 Å². The average molecular weight is 432 g/mol. The van der Waals surface area contributed by atoms with Crippen molar-refractivity contribution >= 4 is 17.6 Å². The Morgan fingerprint density at radius 2 is 1.62 bits per heavy atom. The lowest BCUT2D eigenvalue weighted by atomic mass is 10.0. The molecule has 164 valence electrons. The Balaban J connectivity index is 1.95. The molecule has 0 fully saturated rings. The maximum atomic E-state index is 12.8. The SMILES string of the molecule is CCC(=O)N(Cc1ccc(-c2ccccc2)cc1)c1cc(C(=O)O)ccc1CC[N+](=O)[O-]. The van der Waals surface area contributed by atoms with Crippen molar-refractivity contribution in [3.8, 4) is 11.1 Å². The number of carboxylic acid groups (broad SMARTS) is 1. The summed E-state index contributed by atoms with van der Waals surface area (Å²) in [6.45, 7) is 1.65. The van der Waals surface area contributed by atoms with E-state index in [0.717, 1.165) is 16.7 Å². The molecule has 0 aliphatic heterocycles. The molecule has 7 heteroatoms. The molecule has 3 aromatic carbocycles. The van der Waals surface area contributed by atoms with Crippen LogP contribution in [0.25, 0.3) is 11.1 Å². The summed E-state index contributed by atoms with van der Waals surface area (Å²) in [6, 6.07) is 22.1. The molecule has 32 heavy (non-hydrogen) atoms. The van der Waals surface area contributed by atoms with Gasteiger partial charge in [0.1, 0.15) is 0 Å². The van der Waals surface area contributed by atoms with Gasteiger partial charge in [-0.15, -0.1) is 0 Å². The molecule has 0 radical (unpaired) electrons. The van der Waals surface area contributed by atoms with Gasteiger partial charge in [-0.2, -0.15) is 0 Å². The zero-order valence-corrected chi connectivity index (χ0v) is 17.7. The third-order valence-electron chi connectivity index (χ3n) is 5.19. The first kappa shape index (κ1) is 22.7. The van der Waals surface area contributed by atoms with Crippen LogP contribution in [0.2, 0.25) is 0 Å². The lowest BCUT2D eigenvalue weighted by molar-refractivity contribution is -0.479. The number of anilines is 1. The van der Waals surface area contributed by atoms with E-state index in [1.54, 1.807) is 13.0 Å². The highest BCUT2D eigenvalue weighted by atomic mass is 16.6. The molecule has 1 N–H and O–H groups in total. The van der Waals surface area contributed by atoms with Crippen molar-refractivity contribution in [2.75, 3.05) is 11.4 Å². The lowest BCUT2D eigenvalue weighted by Crippen LogP contribution is -2.31. The second-order valence-electron chi connectivity index (χ2n) is 7.35. The maximum Gasteiger partial charge on any atom is 0.335 e. The molecule has 0 atom stereocenters. The normalized spacial score (nSPS) is 10.5. The van der Waals surface area contributed by atoms with Gasteiger partial charge >= 0.3 is 5.97 Å². The number of carbonyl (C=O) groups excluding carboxylic acids is 1. The fourth-order valence-corrected chi connectivity index (χ4v) is 3.49. The first-order valence-electron chi connectivity index (χ1n) is 10.3. The largest absolute Gasteiger partial charge is 0.478 e. The van der Waals surface area contributed by atoms with Gasteiger partial charge in [0.2, 0.25) is 12.5 Å². The summed E-state index contributed by atoms with van der Waals surface area (Å²) in [7, 11) is 0. The third-order valence-corrected chi connectivity index (χ3v) is 5.19. The Bertz CT molecular complexity index is 1110. The van der Waals surface area contributed by atoms with Crippen molar-refractivity contribution in [3.05, 3.63) is 99.6 Å². The minimum Gasteiger partial charge on any atom is -0.478 e. The molecular weight excluding hydrogens is 408 g/mol. The number of carboxylic acids is 1. The maximum absolute atomic E-state index is 12.8. The van der Waals surface area contributed by atoms with Gasteiger partial charge in [0.15, 0.2) is 0 Å². The van der Waals surface area contributed by atoms with Crippen LogP contribution in [0.3, 0.4) is 0 Å². The summed E-state index contributed by atoms with van der Waals surface area (Å²) in [5.74, 6) is -1.31. The fourth-order valence-electron chi connectivity index (χ4n) is 3.49. The fraction of sp³-hybridized carbons (Fsp3) is 0.200. The van der Waals surface area contributed by atoms with Crippen LogP contribution in [-0.4, -0.2) is 28.5 Å². The molecule has 3 rings (SSSR count). The van der Waals surface area contributed by atoms with Gasteiger partial charge in [-0.05, 0) is 34.4 Å². The minimum absolute atomic E-state index is 0.0261. The van der Waals surface area contributed by atoms with Crippen LogP contribution in [0.1, 0.15) is 34.8 Å². The quantitative estimate of drug-likeness (QED) is 0.386. The third kappa shape index (κ3) is 5.57. The predicted molar refractivity (Wildman–Crippen MR) is 122 cm³/mol. The molecule has 0 aliphatic carbocycles. The van der Waals surface area contributed by atoms with Crippen LogP contribution >= 0.6 is 0 Å². The van der Waals surface area contributed by atoms with Crippen molar-refractivity contribution in [1.82, 2.24) is 0 Å². The number of benzene rings is 3. The number of aromatic carboxylic acids is 1. The van der Waals surface area contributed by atoms with Crippen LogP contribution in [0.5, 0.6) is 0 Å². The second kappa shape index (κ2) is 10.3. The van der Waals surface area contributed by atoms with Crippen molar-refractivity contribution in [3.63, 3.8) is 0 Å². The van der Waals surface area contributed by atoms with E-state index in [1.165, 1.54) is 17.0 Å². The van der Waals surface area contributed by atoms with Crippen LogP contribution < -0.4 is 4.90 Å². The molecule has 7 nitrogen and oxygen atoms in total. The molecule has 0 saturated heterocycles. The van der Waals surface area contributed by atoms with Gasteiger partial charge in [-0.3, -0.25) is 14.9 Å². The first-order valence-corrected chi connectivity index (χ1v) is 10.3. The number of carbonyl (C=O) groups is 2. The zero-order chi connectivity index (χ0) is 23.1. The van der Waals surface area contributed by atoms with Crippen LogP contribution in [0.4, 0.5) is 5.69 Å². The minimum atomic E-state index is -1.12. The molecule has 0 aliphatic rings. The van der Waals surface area contributed by atoms with Crippen LogP contribution in [-0.2, 0) is 17.8 Å². The number of hydrogen-bond acceptors (Lipinski definition) is 4. The number of nitrogens with zero attached hydrogens (tertiary/aromatic N) is 2. The zero-order valence-electron chi connectivity index (χ0n) is 17.7. The Hall–Kier alpha value is -4.00. The Morgan fingerprint density at radius 1 is 0.969 bits per heavy atom. The smallest absolute Gasteiger partial charge is 0.335 e. The van der Waals surface area contributed by atoms with E-state index >= 15 is 0 Å². The van der Waals surface area contributed by atoms with Crippen molar-refractivity contribution < 1.29 is 19.6 Å². The highest BCUT2D eigenvalue weighted by Gasteiger charge is 2.21. The van der Waals surface area contributed by atoms with E-state index in [4.69, 9.17) is 0 Å². The molecule has 0 heterocycles. The number of hydrogen-bond donors (Lipinski definition) is 1. The van der Waals surface area contributed by atoms with Crippen molar-refractivity contribution in [2.45, 2.75) is 26.3 Å². The Morgan fingerprint density at radius 3 is 2.22 bits per heavy atom. The molecule has 0 saturated carbocycles. The van der Waals surface area contributed by atoms with Gasteiger partial charge in [-0.25, -0.2) is 4.79 Å². The highest BCUT2D eigenvalue weighted by Crippen LogP contribution is 2.27. The second-order valence-corrected chi connectivity index (χ2v) is 7.35. The van der Waals surface area contributed by atoms with Gasteiger partial charge in [0.05, 0.1) is 12.1 Å². The summed E-state index contributed by atoms with van der Waals surface area (Å²) < 4.78 is 0. The highest BCUT2D eigenvalue weighted by molar-refractivity contribution is 5.96. The summed E-state index contributed by atoms with van der Waals surface area (Å²) in [4.78, 5) is 36.3. The summed E-state index contributed by atoms with van der Waals surface area (Å²) >= 11 is 0. The molecule has 0 bridgehead atoms. The van der Waals surface area contributed by atoms with E-state index in [0.29, 0.717) is 11.3 Å². The summed E-state index contributed by atoms with van der Waals surface area (Å²) in [5, 5.41) is 20.3. The van der Waals surface area contributed by atoms with Gasteiger partial charge in [-0.1, -0.05) is 67.6 Å². The number of amides is 1. The van der Waals surface area contributed by atoms with E-state index < -0.39 is 10.9 Å². The van der Waals surface area contributed by atoms with Gasteiger partial charge in [0, 0.05) is 23.5 Å². The van der Waals surface area contributed by atoms with E-state index in [2.05, 4.69) is 0 Å². The lowest BCUT2D eigenvalue weighted by Gasteiger charge is -2.25. The van der Waals surface area contributed by atoms with Crippen molar-refractivity contribution in [2.24, 2.45) is 0 Å². The standard InChI is InChI=1S/C25H24N2O5/c1-2-24(28)26(17-18-8-10-20(11-9-18)19-6-4-3-5-7-19)23-16-22(25(29)30)13-12-21(23)14-15-27(31)32/h3-13,16H,2,14-15,17H2,1H3,(H,29,30). The summed E-state index contributed by atoms with van der Waals surface area (Å²) in [6.07, 6.45) is 0.316.